The summed E-state index contributed by atoms with van der Waals surface area (Å²) in [5.41, 5.74) is 8.01. The molecule has 0 aliphatic rings. The van der Waals surface area contributed by atoms with Gasteiger partial charge < -0.3 is 11.1 Å². The third-order valence-electron chi connectivity index (χ3n) is 3.43. The SMILES string of the molecule is NCc1cccc(NC(=O)c2ccc3ccccc3c2)c1. The summed E-state index contributed by atoms with van der Waals surface area (Å²) >= 11 is 0. The van der Waals surface area contributed by atoms with Crippen LogP contribution in [0.25, 0.3) is 10.8 Å². The molecule has 3 aromatic rings. The average molecular weight is 276 g/mol. The van der Waals surface area contributed by atoms with Crippen molar-refractivity contribution in [2.75, 3.05) is 5.32 Å². The van der Waals surface area contributed by atoms with Crippen LogP contribution in [0.3, 0.4) is 0 Å². The third kappa shape index (κ3) is 2.93. The molecule has 0 saturated heterocycles. The zero-order valence-electron chi connectivity index (χ0n) is 11.5. The minimum Gasteiger partial charge on any atom is -0.326 e. The minimum atomic E-state index is -0.116. The average Bonchev–Trinajstić information content (AvgIpc) is 2.54. The monoisotopic (exact) mass is 276 g/mol. The van der Waals surface area contributed by atoms with Gasteiger partial charge in [-0.15, -0.1) is 0 Å². The van der Waals surface area contributed by atoms with Crippen LogP contribution in [0, 0.1) is 0 Å². The first-order valence-electron chi connectivity index (χ1n) is 6.85. The lowest BCUT2D eigenvalue weighted by Crippen LogP contribution is -2.12. The van der Waals surface area contributed by atoms with Crippen LogP contribution in [-0.4, -0.2) is 5.91 Å². The maximum absolute atomic E-state index is 12.3. The summed E-state index contributed by atoms with van der Waals surface area (Å²) in [5.74, 6) is -0.116. The van der Waals surface area contributed by atoms with Gasteiger partial charge in [0.2, 0.25) is 0 Å². The number of carbonyl (C=O) groups is 1. The smallest absolute Gasteiger partial charge is 0.255 e. The first-order chi connectivity index (χ1) is 10.3. The quantitative estimate of drug-likeness (QED) is 0.768. The number of hydrogen-bond donors (Lipinski definition) is 2. The predicted octanol–water partition coefficient (Wildman–Crippen LogP) is 3.55. The molecule has 0 unspecified atom stereocenters. The molecule has 3 heteroatoms. The Morgan fingerprint density at radius 2 is 1.71 bits per heavy atom. The highest BCUT2D eigenvalue weighted by Crippen LogP contribution is 2.17. The second-order valence-electron chi connectivity index (χ2n) is 4.92. The first-order valence-corrected chi connectivity index (χ1v) is 6.85. The maximum atomic E-state index is 12.3. The van der Waals surface area contributed by atoms with Gasteiger partial charge in [-0.3, -0.25) is 4.79 Å². The second kappa shape index (κ2) is 5.77. The second-order valence-corrected chi connectivity index (χ2v) is 4.92. The minimum absolute atomic E-state index is 0.116. The van der Waals surface area contributed by atoms with E-state index in [2.05, 4.69) is 5.32 Å². The van der Waals surface area contributed by atoms with Crippen LogP contribution in [0.1, 0.15) is 15.9 Å². The highest BCUT2D eigenvalue weighted by Gasteiger charge is 2.07. The number of hydrogen-bond acceptors (Lipinski definition) is 2. The number of nitrogens with one attached hydrogen (secondary N) is 1. The Balaban J connectivity index is 1.86. The van der Waals surface area contributed by atoms with Crippen molar-refractivity contribution in [3.8, 4) is 0 Å². The molecule has 3 nitrogen and oxygen atoms in total. The molecule has 0 atom stereocenters. The molecule has 0 radical (unpaired) electrons. The number of rotatable bonds is 3. The van der Waals surface area contributed by atoms with Gasteiger partial charge in [-0.2, -0.15) is 0 Å². The molecule has 0 spiro atoms. The van der Waals surface area contributed by atoms with Gasteiger partial charge in [0.05, 0.1) is 0 Å². The van der Waals surface area contributed by atoms with Gasteiger partial charge in [-0.05, 0) is 40.6 Å². The summed E-state index contributed by atoms with van der Waals surface area (Å²) in [6.45, 7) is 0.458. The van der Waals surface area contributed by atoms with E-state index in [4.69, 9.17) is 5.73 Å². The molecule has 3 N–H and O–H groups in total. The van der Waals surface area contributed by atoms with Crippen molar-refractivity contribution in [3.63, 3.8) is 0 Å². The van der Waals surface area contributed by atoms with Crippen LogP contribution < -0.4 is 11.1 Å². The van der Waals surface area contributed by atoms with Gasteiger partial charge in [0, 0.05) is 17.8 Å². The zero-order chi connectivity index (χ0) is 14.7. The largest absolute Gasteiger partial charge is 0.326 e. The van der Waals surface area contributed by atoms with Crippen molar-refractivity contribution in [3.05, 3.63) is 77.9 Å². The molecule has 0 aromatic heterocycles. The molecular formula is C18H16N2O. The first kappa shape index (κ1) is 13.3. The summed E-state index contributed by atoms with van der Waals surface area (Å²) in [6, 6.07) is 21.3. The van der Waals surface area contributed by atoms with E-state index in [-0.39, 0.29) is 5.91 Å². The molecule has 0 bridgehead atoms. The van der Waals surface area contributed by atoms with Crippen molar-refractivity contribution >= 4 is 22.4 Å². The van der Waals surface area contributed by atoms with E-state index in [1.165, 1.54) is 0 Å². The van der Waals surface area contributed by atoms with E-state index in [0.717, 1.165) is 22.0 Å². The zero-order valence-corrected chi connectivity index (χ0v) is 11.5. The van der Waals surface area contributed by atoms with Gasteiger partial charge in [0.25, 0.3) is 5.91 Å². The Morgan fingerprint density at radius 1 is 0.905 bits per heavy atom. The van der Waals surface area contributed by atoms with E-state index < -0.39 is 0 Å². The Morgan fingerprint density at radius 3 is 2.52 bits per heavy atom. The number of fused-ring (bicyclic) bond motifs is 1. The van der Waals surface area contributed by atoms with E-state index >= 15 is 0 Å². The highest BCUT2D eigenvalue weighted by molar-refractivity contribution is 6.06. The molecular weight excluding hydrogens is 260 g/mol. The van der Waals surface area contributed by atoms with E-state index in [0.29, 0.717) is 12.1 Å². The fourth-order valence-electron chi connectivity index (χ4n) is 2.31. The standard InChI is InChI=1S/C18H16N2O/c19-12-13-4-3-7-17(10-13)20-18(21)16-9-8-14-5-1-2-6-15(14)11-16/h1-11H,12,19H2,(H,20,21). The number of benzene rings is 3. The summed E-state index contributed by atoms with van der Waals surface area (Å²) in [6.07, 6.45) is 0. The van der Waals surface area contributed by atoms with E-state index in [1.54, 1.807) is 0 Å². The van der Waals surface area contributed by atoms with Gasteiger partial charge in [-0.1, -0.05) is 42.5 Å². The molecule has 104 valence electrons. The van der Waals surface area contributed by atoms with Crippen molar-refractivity contribution in [1.82, 2.24) is 0 Å². The summed E-state index contributed by atoms with van der Waals surface area (Å²) in [4.78, 5) is 12.3. The van der Waals surface area contributed by atoms with Crippen LogP contribution >= 0.6 is 0 Å². The van der Waals surface area contributed by atoms with Crippen LogP contribution in [0.2, 0.25) is 0 Å². The van der Waals surface area contributed by atoms with Crippen LogP contribution in [0.15, 0.2) is 66.7 Å². The molecule has 3 rings (SSSR count). The fourth-order valence-corrected chi connectivity index (χ4v) is 2.31. The Hall–Kier alpha value is -2.65. The van der Waals surface area contributed by atoms with Gasteiger partial charge in [0.15, 0.2) is 0 Å². The molecule has 0 heterocycles. The topological polar surface area (TPSA) is 55.1 Å². The van der Waals surface area contributed by atoms with Gasteiger partial charge in [0.1, 0.15) is 0 Å². The van der Waals surface area contributed by atoms with E-state index in [1.807, 2.05) is 66.7 Å². The van der Waals surface area contributed by atoms with Crippen molar-refractivity contribution in [2.24, 2.45) is 5.73 Å². The normalized spacial score (nSPS) is 10.5. The lowest BCUT2D eigenvalue weighted by Gasteiger charge is -2.07. The van der Waals surface area contributed by atoms with Gasteiger partial charge in [-0.25, -0.2) is 0 Å². The lowest BCUT2D eigenvalue weighted by molar-refractivity contribution is 0.102. The van der Waals surface area contributed by atoms with Crippen LogP contribution in [0.4, 0.5) is 5.69 Å². The highest BCUT2D eigenvalue weighted by atomic mass is 16.1. The van der Waals surface area contributed by atoms with Gasteiger partial charge >= 0.3 is 0 Å². The number of nitrogens with two attached hydrogens (primary N) is 1. The number of carbonyl (C=O) groups excluding carboxylic acids is 1. The maximum Gasteiger partial charge on any atom is 0.255 e. The molecule has 0 fully saturated rings. The third-order valence-corrected chi connectivity index (χ3v) is 3.43. The summed E-state index contributed by atoms with van der Waals surface area (Å²) < 4.78 is 0. The Kier molecular flexibility index (Phi) is 3.67. The van der Waals surface area contributed by atoms with Crippen LogP contribution in [-0.2, 0) is 6.54 Å². The summed E-state index contributed by atoms with van der Waals surface area (Å²) in [5, 5.41) is 5.08. The molecule has 0 saturated carbocycles. The fraction of sp³-hybridized carbons (Fsp3) is 0.0556. The Bertz CT molecular complexity index is 796. The van der Waals surface area contributed by atoms with Crippen LogP contribution in [0.5, 0.6) is 0 Å². The molecule has 21 heavy (non-hydrogen) atoms. The lowest BCUT2D eigenvalue weighted by atomic mass is 10.1. The Labute approximate surface area is 123 Å². The summed E-state index contributed by atoms with van der Waals surface area (Å²) in [7, 11) is 0. The number of anilines is 1. The molecule has 3 aromatic carbocycles. The molecule has 0 aliphatic heterocycles. The number of amides is 1. The van der Waals surface area contributed by atoms with Crippen molar-refractivity contribution < 1.29 is 4.79 Å². The predicted molar refractivity (Wildman–Crippen MR) is 86.2 cm³/mol. The van der Waals surface area contributed by atoms with Crippen molar-refractivity contribution in [2.45, 2.75) is 6.54 Å². The van der Waals surface area contributed by atoms with Crippen molar-refractivity contribution in [1.29, 1.82) is 0 Å². The molecule has 1 amide bonds. The van der Waals surface area contributed by atoms with E-state index in [9.17, 15) is 4.79 Å². The molecule has 0 aliphatic carbocycles.